The summed E-state index contributed by atoms with van der Waals surface area (Å²) in [6, 6.07) is 8.15. The lowest BCUT2D eigenvalue weighted by molar-refractivity contribution is 0.230. The van der Waals surface area contributed by atoms with Crippen molar-refractivity contribution < 1.29 is 13.6 Å². The van der Waals surface area contributed by atoms with Crippen molar-refractivity contribution in [2.75, 3.05) is 20.8 Å². The molecule has 1 rings (SSSR count). The van der Waals surface area contributed by atoms with E-state index in [9.17, 15) is 0 Å². The summed E-state index contributed by atoms with van der Waals surface area (Å²) in [5.41, 5.74) is 0. The molecule has 20 heavy (non-hydrogen) atoms. The molecule has 0 aliphatic rings. The molecule has 0 aliphatic carbocycles. The van der Waals surface area contributed by atoms with Crippen molar-refractivity contribution in [1.29, 1.82) is 0 Å². The largest absolute Gasteiger partial charge is 0.493 e. The summed E-state index contributed by atoms with van der Waals surface area (Å²) in [5, 5.41) is 1.09. The zero-order valence-electron chi connectivity index (χ0n) is 13.8. The van der Waals surface area contributed by atoms with Gasteiger partial charge in [-0.25, -0.2) is 0 Å². The summed E-state index contributed by atoms with van der Waals surface area (Å²) in [6.07, 6.45) is 0. The average molecular weight is 296 g/mol. The highest BCUT2D eigenvalue weighted by molar-refractivity contribution is 6.83. The smallest absolute Gasteiger partial charge is 0.377 e. The molecule has 4 heteroatoms. The highest BCUT2D eigenvalue weighted by Crippen LogP contribution is 2.36. The van der Waals surface area contributed by atoms with Crippen LogP contribution in [0.1, 0.15) is 34.6 Å². The molecule has 0 atom stereocenters. The number of benzene rings is 1. The van der Waals surface area contributed by atoms with E-state index in [1.807, 2.05) is 12.1 Å². The predicted octanol–water partition coefficient (Wildman–Crippen LogP) is 3.46. The molecule has 1 aromatic carbocycles. The molecule has 114 valence electrons. The third-order valence-electron chi connectivity index (χ3n) is 3.38. The van der Waals surface area contributed by atoms with Gasteiger partial charge in [0.2, 0.25) is 0 Å². The Balaban J connectivity index is 3.00. The van der Waals surface area contributed by atoms with Crippen LogP contribution < -0.4 is 9.92 Å². The second kappa shape index (κ2) is 6.74. The molecule has 1 aromatic rings. The summed E-state index contributed by atoms with van der Waals surface area (Å²) in [7, 11) is 1.04. The van der Waals surface area contributed by atoms with Crippen LogP contribution in [0.2, 0.25) is 5.04 Å². The van der Waals surface area contributed by atoms with Gasteiger partial charge in [0.05, 0.1) is 6.61 Å². The summed E-state index contributed by atoms with van der Waals surface area (Å²) in [6.45, 7) is 11.5. The first kappa shape index (κ1) is 17.2. The van der Waals surface area contributed by atoms with Crippen molar-refractivity contribution in [1.82, 2.24) is 0 Å². The van der Waals surface area contributed by atoms with Gasteiger partial charge in [0.25, 0.3) is 0 Å². The van der Waals surface area contributed by atoms with E-state index in [0.717, 1.165) is 17.5 Å². The fourth-order valence-electron chi connectivity index (χ4n) is 2.40. The van der Waals surface area contributed by atoms with E-state index in [4.69, 9.17) is 13.6 Å². The molecule has 0 radical (unpaired) electrons. The van der Waals surface area contributed by atoms with Gasteiger partial charge in [-0.1, -0.05) is 46.8 Å². The Morgan fingerprint density at radius 3 is 1.85 bits per heavy atom. The van der Waals surface area contributed by atoms with Crippen LogP contribution in [-0.2, 0) is 8.85 Å². The van der Waals surface area contributed by atoms with Gasteiger partial charge in [0.1, 0.15) is 5.75 Å². The fourth-order valence-corrected chi connectivity index (χ4v) is 5.73. The molecule has 0 N–H and O–H groups in total. The molecule has 3 nitrogen and oxygen atoms in total. The molecule has 0 spiro atoms. The number of hydrogen-bond acceptors (Lipinski definition) is 3. The average Bonchev–Trinajstić information content (AvgIpc) is 2.38. The number of hydrogen-bond donors (Lipinski definition) is 0. The molecule has 0 amide bonds. The van der Waals surface area contributed by atoms with E-state index in [0.29, 0.717) is 5.92 Å². The molecule has 0 saturated carbocycles. The van der Waals surface area contributed by atoms with E-state index < -0.39 is 8.56 Å². The maximum absolute atomic E-state index is 5.85. The molecule has 0 bridgehead atoms. The van der Waals surface area contributed by atoms with Crippen molar-refractivity contribution >= 4 is 13.7 Å². The standard InChI is InChI=1S/C16H28O3Si/c1-13(2)12-19-14-8-10-15(11-9-14)20(17-6,18-7)16(3,4)5/h8-11,13H,12H2,1-7H3. The van der Waals surface area contributed by atoms with E-state index in [1.165, 1.54) is 0 Å². The maximum atomic E-state index is 5.85. The second-order valence-corrected chi connectivity index (χ2v) is 10.6. The van der Waals surface area contributed by atoms with Crippen molar-refractivity contribution in [2.45, 2.75) is 39.7 Å². The van der Waals surface area contributed by atoms with Crippen LogP contribution in [0.5, 0.6) is 5.75 Å². The van der Waals surface area contributed by atoms with Crippen LogP contribution in [0.4, 0.5) is 0 Å². The van der Waals surface area contributed by atoms with E-state index in [1.54, 1.807) is 14.2 Å². The molecule has 0 heterocycles. The normalized spacial score (nSPS) is 12.8. The van der Waals surface area contributed by atoms with Crippen LogP contribution in [0.25, 0.3) is 0 Å². The molecule has 0 aliphatic heterocycles. The topological polar surface area (TPSA) is 27.7 Å². The monoisotopic (exact) mass is 296 g/mol. The third kappa shape index (κ3) is 3.62. The first-order chi connectivity index (χ1) is 9.26. The maximum Gasteiger partial charge on any atom is 0.377 e. The first-order valence-electron chi connectivity index (χ1n) is 7.10. The van der Waals surface area contributed by atoms with Gasteiger partial charge in [-0.3, -0.25) is 0 Å². The highest BCUT2D eigenvalue weighted by Gasteiger charge is 2.49. The van der Waals surface area contributed by atoms with Gasteiger partial charge in [-0.05, 0) is 23.2 Å². The number of ether oxygens (including phenoxy) is 1. The van der Waals surface area contributed by atoms with Crippen LogP contribution in [0.15, 0.2) is 24.3 Å². The van der Waals surface area contributed by atoms with Crippen molar-refractivity contribution in [3.8, 4) is 5.75 Å². The van der Waals surface area contributed by atoms with Crippen molar-refractivity contribution in [3.05, 3.63) is 24.3 Å². The first-order valence-corrected chi connectivity index (χ1v) is 8.92. The Morgan fingerprint density at radius 1 is 1.00 bits per heavy atom. The SMILES string of the molecule is CO[Si](OC)(c1ccc(OCC(C)C)cc1)C(C)(C)C. The lowest BCUT2D eigenvalue weighted by Gasteiger charge is -2.38. The zero-order valence-corrected chi connectivity index (χ0v) is 14.8. The third-order valence-corrected chi connectivity index (χ3v) is 7.60. The lowest BCUT2D eigenvalue weighted by atomic mass is 10.2. The van der Waals surface area contributed by atoms with Gasteiger partial charge in [0, 0.05) is 19.3 Å². The minimum atomic E-state index is -2.44. The number of rotatable bonds is 6. The Morgan fingerprint density at radius 2 is 1.50 bits per heavy atom. The van der Waals surface area contributed by atoms with Crippen molar-refractivity contribution in [2.24, 2.45) is 5.92 Å². The minimum Gasteiger partial charge on any atom is -0.493 e. The Hall–Kier alpha value is -0.843. The van der Waals surface area contributed by atoms with E-state index in [2.05, 4.69) is 46.8 Å². The minimum absolute atomic E-state index is 0.0448. The quantitative estimate of drug-likeness (QED) is 0.752. The predicted molar refractivity (Wildman–Crippen MR) is 85.9 cm³/mol. The summed E-state index contributed by atoms with van der Waals surface area (Å²) < 4.78 is 17.4. The Labute approximate surface area is 124 Å². The summed E-state index contributed by atoms with van der Waals surface area (Å²) >= 11 is 0. The van der Waals surface area contributed by atoms with Crippen LogP contribution in [0, 0.1) is 5.92 Å². The molecular formula is C16H28O3Si. The molecular weight excluding hydrogens is 268 g/mol. The fraction of sp³-hybridized carbons (Fsp3) is 0.625. The Kier molecular flexibility index (Phi) is 5.80. The lowest BCUT2D eigenvalue weighted by Crippen LogP contribution is -2.59. The van der Waals surface area contributed by atoms with Gasteiger partial charge >= 0.3 is 8.56 Å². The van der Waals surface area contributed by atoms with Crippen molar-refractivity contribution in [3.63, 3.8) is 0 Å². The Bertz CT molecular complexity index is 403. The van der Waals surface area contributed by atoms with Gasteiger partial charge in [-0.2, -0.15) is 0 Å². The van der Waals surface area contributed by atoms with E-state index in [-0.39, 0.29) is 5.04 Å². The van der Waals surface area contributed by atoms with Gasteiger partial charge in [0.15, 0.2) is 0 Å². The van der Waals surface area contributed by atoms with E-state index >= 15 is 0 Å². The van der Waals surface area contributed by atoms with Crippen LogP contribution in [0.3, 0.4) is 0 Å². The molecule has 0 saturated heterocycles. The van der Waals surface area contributed by atoms with Crippen LogP contribution >= 0.6 is 0 Å². The highest BCUT2D eigenvalue weighted by atomic mass is 28.4. The van der Waals surface area contributed by atoms with Gasteiger partial charge < -0.3 is 13.6 Å². The summed E-state index contributed by atoms with van der Waals surface area (Å²) in [5.74, 6) is 1.42. The van der Waals surface area contributed by atoms with Gasteiger partial charge in [-0.15, -0.1) is 0 Å². The summed E-state index contributed by atoms with van der Waals surface area (Å²) in [4.78, 5) is 0. The molecule has 0 fully saturated rings. The molecule has 0 aromatic heterocycles. The second-order valence-electron chi connectivity index (χ2n) is 6.50. The zero-order chi connectivity index (χ0) is 15.4. The van der Waals surface area contributed by atoms with Crippen LogP contribution in [-0.4, -0.2) is 29.4 Å². The molecule has 0 unspecified atom stereocenters.